The summed E-state index contributed by atoms with van der Waals surface area (Å²) in [4.78, 5) is 34.9. The maximum Gasteiger partial charge on any atom is 0.275 e. The molecule has 4 aliphatic rings. The Balaban J connectivity index is 1.44. The van der Waals surface area contributed by atoms with Crippen LogP contribution in [0.2, 0.25) is 5.02 Å². The van der Waals surface area contributed by atoms with Gasteiger partial charge in [0.25, 0.3) is 5.91 Å². The summed E-state index contributed by atoms with van der Waals surface area (Å²) in [5.41, 5.74) is 11.0. The van der Waals surface area contributed by atoms with Crippen molar-refractivity contribution in [2.75, 3.05) is 6.54 Å². The molecule has 6 N–H and O–H groups in total. The van der Waals surface area contributed by atoms with Crippen LogP contribution in [0.3, 0.4) is 0 Å². The Morgan fingerprint density at radius 3 is 2.51 bits per heavy atom. The Morgan fingerprint density at radius 1 is 1.21 bits per heavy atom. The number of amides is 2. The predicted molar refractivity (Wildman–Crippen MR) is 172 cm³/mol. The number of aliphatic imine (C=N–C) groups is 1. The molecule has 1 aromatic rings. The molecule has 1 spiro atoms. The highest BCUT2D eigenvalue weighted by Gasteiger charge is 2.55. The summed E-state index contributed by atoms with van der Waals surface area (Å²) >= 11 is 6.52. The van der Waals surface area contributed by atoms with Crippen molar-refractivity contribution in [3.05, 3.63) is 58.1 Å². The van der Waals surface area contributed by atoms with Crippen molar-refractivity contribution in [3.8, 4) is 0 Å². The summed E-state index contributed by atoms with van der Waals surface area (Å²) in [6.45, 7) is 9.14. The standard InChI is InChI=1S/C33H46ClN7O2/c1-5-20-16-24(18-26(34)17-20)28-31(43)41(33(38-28)14-12-25(13-15-33)32(2,3)4)29(21-6-7-21)22-8-10-23(11-9-22)30(42)37-19-27(35)39-40-36/h8-10,16-18,21,23,25,29,40H,5-7,11-15,19,36H2,1-4H3,(H2,35,39)(H,37,42). The number of nitrogens with zero attached hydrogens (tertiary/aromatic N) is 3. The molecule has 232 valence electrons. The van der Waals surface area contributed by atoms with Crippen LogP contribution in [-0.4, -0.2) is 46.5 Å². The first-order valence-electron chi connectivity index (χ1n) is 15.6. The zero-order valence-corrected chi connectivity index (χ0v) is 26.6. The lowest BCUT2D eigenvalue weighted by Gasteiger charge is -2.48. The second kappa shape index (κ2) is 12.4. The number of carbonyl (C=O) groups is 2. The van der Waals surface area contributed by atoms with Crippen molar-refractivity contribution in [1.82, 2.24) is 15.8 Å². The van der Waals surface area contributed by atoms with Crippen molar-refractivity contribution >= 4 is 35.0 Å². The molecule has 1 aliphatic heterocycles. The smallest absolute Gasteiger partial charge is 0.275 e. The maximum atomic E-state index is 14.6. The molecule has 2 fully saturated rings. The maximum absolute atomic E-state index is 14.6. The zero-order chi connectivity index (χ0) is 30.9. The third-order valence-corrected chi connectivity index (χ3v) is 9.86. The first-order valence-corrected chi connectivity index (χ1v) is 16.0. The molecule has 9 nitrogen and oxygen atoms in total. The van der Waals surface area contributed by atoms with Gasteiger partial charge in [-0.2, -0.15) is 5.10 Å². The number of aryl methyl sites for hydroxylation is 1. The quantitative estimate of drug-likeness (QED) is 0.141. The predicted octanol–water partition coefficient (Wildman–Crippen LogP) is 4.60. The highest BCUT2D eigenvalue weighted by atomic mass is 35.5. The van der Waals surface area contributed by atoms with E-state index in [1.54, 1.807) is 0 Å². The van der Waals surface area contributed by atoms with Gasteiger partial charge in [-0.25, -0.2) is 11.4 Å². The molecule has 2 unspecified atom stereocenters. The topological polar surface area (TPSA) is 138 Å². The van der Waals surface area contributed by atoms with E-state index in [9.17, 15) is 9.59 Å². The number of hydrogen-bond acceptors (Lipinski definition) is 6. The van der Waals surface area contributed by atoms with Crippen LogP contribution >= 0.6 is 11.6 Å². The average Bonchev–Trinajstić information content (AvgIpc) is 3.78. The lowest BCUT2D eigenvalue weighted by Crippen LogP contribution is -2.55. The van der Waals surface area contributed by atoms with E-state index < -0.39 is 5.66 Å². The highest BCUT2D eigenvalue weighted by molar-refractivity contribution is 6.47. The first kappa shape index (κ1) is 31.3. The van der Waals surface area contributed by atoms with E-state index in [1.165, 1.54) is 0 Å². The lowest BCUT2D eigenvalue weighted by atomic mass is 9.69. The molecule has 0 bridgehead atoms. The number of nitrogens with two attached hydrogens (primary N) is 2. The van der Waals surface area contributed by atoms with E-state index in [0.29, 0.717) is 29.0 Å². The van der Waals surface area contributed by atoms with Gasteiger partial charge in [0.1, 0.15) is 17.2 Å². The molecule has 2 atom stereocenters. The molecule has 5 rings (SSSR count). The molecule has 3 aliphatic carbocycles. The van der Waals surface area contributed by atoms with Gasteiger partial charge in [0.15, 0.2) is 0 Å². The molecular weight excluding hydrogens is 562 g/mol. The van der Waals surface area contributed by atoms with Gasteiger partial charge in [-0.1, -0.05) is 57.5 Å². The monoisotopic (exact) mass is 607 g/mol. The molecule has 1 aromatic carbocycles. The third kappa shape index (κ3) is 6.68. The molecule has 0 aromatic heterocycles. The van der Waals surface area contributed by atoms with Crippen LogP contribution in [-0.2, 0) is 16.0 Å². The average molecular weight is 608 g/mol. The fourth-order valence-corrected chi connectivity index (χ4v) is 7.26. The van der Waals surface area contributed by atoms with Gasteiger partial charge in [-0.15, -0.1) is 0 Å². The normalized spacial score (nSPS) is 26.8. The zero-order valence-electron chi connectivity index (χ0n) is 25.8. The number of halogens is 1. The Bertz CT molecular complexity index is 1360. The fourth-order valence-electron chi connectivity index (χ4n) is 7.00. The van der Waals surface area contributed by atoms with Crippen molar-refractivity contribution in [1.29, 1.82) is 0 Å². The summed E-state index contributed by atoms with van der Waals surface area (Å²) in [7, 11) is 0. The number of hydrazone groups is 1. The van der Waals surface area contributed by atoms with Gasteiger partial charge in [-0.05, 0) is 98.0 Å². The molecule has 0 saturated heterocycles. The second-order valence-corrected chi connectivity index (χ2v) is 14.0. The number of hydrogen-bond donors (Lipinski definition) is 4. The summed E-state index contributed by atoms with van der Waals surface area (Å²) in [5, 5.41) is 7.12. The molecule has 1 heterocycles. The van der Waals surface area contributed by atoms with Crippen LogP contribution < -0.4 is 22.4 Å². The van der Waals surface area contributed by atoms with Gasteiger partial charge in [0, 0.05) is 10.6 Å². The second-order valence-electron chi connectivity index (χ2n) is 13.6. The SMILES string of the molecule is CCc1cc(Cl)cc(C2=NC3(CCC(C(C)(C)C)CC3)N(C(C3=CCC(C(=O)NC/C(N)=N/NN)C=C3)C3CC3)C2=O)c1. The van der Waals surface area contributed by atoms with Crippen LogP contribution in [0.4, 0.5) is 0 Å². The van der Waals surface area contributed by atoms with Gasteiger partial charge in [-0.3, -0.25) is 14.6 Å². The Morgan fingerprint density at radius 2 is 1.93 bits per heavy atom. The third-order valence-electron chi connectivity index (χ3n) is 9.65. The van der Waals surface area contributed by atoms with E-state index >= 15 is 0 Å². The minimum atomic E-state index is -0.576. The van der Waals surface area contributed by atoms with Crippen LogP contribution in [0, 0.1) is 23.2 Å². The molecule has 43 heavy (non-hydrogen) atoms. The summed E-state index contributed by atoms with van der Waals surface area (Å²) in [6, 6.07) is 5.83. The summed E-state index contributed by atoms with van der Waals surface area (Å²) in [6.07, 6.45) is 13.4. The summed E-state index contributed by atoms with van der Waals surface area (Å²) < 4.78 is 0. The van der Waals surface area contributed by atoms with Crippen LogP contribution in [0.25, 0.3) is 0 Å². The van der Waals surface area contributed by atoms with E-state index in [-0.39, 0.29) is 41.6 Å². The molecule has 0 radical (unpaired) electrons. The van der Waals surface area contributed by atoms with Gasteiger partial charge in [0.05, 0.1) is 18.5 Å². The first-order chi connectivity index (χ1) is 20.5. The number of hydrazine groups is 1. The number of allylic oxidation sites excluding steroid dienone is 1. The van der Waals surface area contributed by atoms with Crippen molar-refractivity contribution in [2.24, 2.45) is 44.8 Å². The minimum Gasteiger partial charge on any atom is -0.384 e. The molecule has 10 heteroatoms. The number of nitrogens with one attached hydrogen (secondary N) is 2. The number of amidine groups is 1. The van der Waals surface area contributed by atoms with Crippen molar-refractivity contribution in [2.45, 2.75) is 90.8 Å². The molecule has 2 saturated carbocycles. The number of carbonyl (C=O) groups excluding carboxylic acids is 2. The van der Waals surface area contributed by atoms with Crippen LogP contribution in [0.5, 0.6) is 0 Å². The fraction of sp³-hybridized carbons (Fsp3) is 0.576. The largest absolute Gasteiger partial charge is 0.384 e. The van der Waals surface area contributed by atoms with Crippen molar-refractivity contribution in [3.63, 3.8) is 0 Å². The van der Waals surface area contributed by atoms with E-state index in [1.807, 2.05) is 24.3 Å². The van der Waals surface area contributed by atoms with Crippen molar-refractivity contribution < 1.29 is 9.59 Å². The Kier molecular flexibility index (Phi) is 9.05. The van der Waals surface area contributed by atoms with Gasteiger partial charge in [0.2, 0.25) is 5.91 Å². The lowest BCUT2D eigenvalue weighted by molar-refractivity contribution is -0.132. The van der Waals surface area contributed by atoms with Gasteiger partial charge >= 0.3 is 0 Å². The minimum absolute atomic E-state index is 0.00660. The van der Waals surface area contributed by atoms with Gasteiger partial charge < -0.3 is 16.0 Å². The summed E-state index contributed by atoms with van der Waals surface area (Å²) in [5.74, 6) is 5.86. The Labute approximate surface area is 260 Å². The van der Waals surface area contributed by atoms with Crippen LogP contribution in [0.15, 0.2) is 52.1 Å². The van der Waals surface area contributed by atoms with E-state index in [0.717, 1.165) is 61.6 Å². The molecular formula is C33H46ClN7O2. The van der Waals surface area contributed by atoms with E-state index in [4.69, 9.17) is 28.2 Å². The van der Waals surface area contributed by atoms with E-state index in [2.05, 4.69) is 60.7 Å². The number of benzene rings is 1. The Hall–Kier alpha value is -3.17. The molecule has 2 amide bonds. The highest BCUT2D eigenvalue weighted by Crippen LogP contribution is 2.51. The number of rotatable bonds is 9. The van der Waals surface area contributed by atoms with Crippen LogP contribution in [0.1, 0.15) is 83.8 Å².